The molecule has 1 aliphatic rings. The van der Waals surface area contributed by atoms with Gasteiger partial charge in [-0.2, -0.15) is 0 Å². The Morgan fingerprint density at radius 3 is 2.02 bits per heavy atom. The van der Waals surface area contributed by atoms with Crippen LogP contribution in [0.15, 0.2) is 106 Å². The van der Waals surface area contributed by atoms with Gasteiger partial charge in [0.05, 0.1) is 28.0 Å². The Morgan fingerprint density at radius 2 is 1.45 bits per heavy atom. The van der Waals surface area contributed by atoms with Gasteiger partial charge in [-0.15, -0.1) is 0 Å². The van der Waals surface area contributed by atoms with Gasteiger partial charge in [-0.3, -0.25) is 14.4 Å². The third-order valence-electron chi connectivity index (χ3n) is 6.55. The second kappa shape index (κ2) is 19.3. The number of nitrogens with two attached hydrogens (primary N) is 1. The van der Waals surface area contributed by atoms with Gasteiger partial charge in [0.15, 0.2) is 5.78 Å². The van der Waals surface area contributed by atoms with Crippen LogP contribution in [0.3, 0.4) is 0 Å². The van der Waals surface area contributed by atoms with Crippen LogP contribution < -0.4 is 40.7 Å². The van der Waals surface area contributed by atoms with Crippen molar-refractivity contribution in [3.05, 3.63) is 134 Å². The summed E-state index contributed by atoms with van der Waals surface area (Å²) in [7, 11) is 0. The van der Waals surface area contributed by atoms with Crippen molar-refractivity contribution >= 4 is 71.9 Å². The SMILES string of the molecule is CCC(=O)c1ccccc1.Cc1c(-c2ccccc2)nc2ccc(Br)cc2c1C(=O)O.N[N-]O.O=C1Nc2ccc(Br)cc2C1=O.[Na+]. The van der Waals surface area contributed by atoms with Crippen molar-refractivity contribution in [2.24, 2.45) is 5.84 Å². The summed E-state index contributed by atoms with van der Waals surface area (Å²) < 4.78 is 1.64. The standard InChI is InChI=1S/C17H12BrNO2.C9H10O.C8H4BrNO2.H3N2O.Na/c1-10-15(17(20)21)13-9-12(18)7-8-14(13)19-16(10)11-5-3-2-4-6-11;1-2-9(10)8-6-4-3-5-7-8;9-4-1-2-6-5(3-4)7(11)8(12)10-6;1-2-3;/h2-9H,1H3,(H,20,21);3-7H,2H2,1H3;1-3H,(H,10,11,12);3H,1H2;/q;;;-1;+1. The molecule has 236 valence electrons. The molecule has 0 saturated heterocycles. The minimum Gasteiger partial charge on any atom is -0.488 e. The topological polar surface area (TPSA) is 174 Å². The zero-order chi connectivity index (χ0) is 33.8. The number of aromatic carboxylic acids is 1. The second-order valence-electron chi connectivity index (χ2n) is 9.52. The van der Waals surface area contributed by atoms with E-state index in [1.165, 1.54) is 0 Å². The summed E-state index contributed by atoms with van der Waals surface area (Å²) in [4.78, 5) is 49.3. The Morgan fingerprint density at radius 1 is 0.894 bits per heavy atom. The number of carboxylic acids is 1. The van der Waals surface area contributed by atoms with Gasteiger partial charge in [0.25, 0.3) is 11.7 Å². The van der Waals surface area contributed by atoms with Crippen LogP contribution in [-0.2, 0) is 4.79 Å². The number of nitrogens with zero attached hydrogens (tertiary/aromatic N) is 2. The second-order valence-corrected chi connectivity index (χ2v) is 11.4. The van der Waals surface area contributed by atoms with Gasteiger partial charge in [0.1, 0.15) is 0 Å². The molecule has 0 spiro atoms. The van der Waals surface area contributed by atoms with Gasteiger partial charge >= 0.3 is 35.5 Å². The summed E-state index contributed by atoms with van der Waals surface area (Å²) in [6, 6.07) is 29.6. The van der Waals surface area contributed by atoms with E-state index in [1.54, 1.807) is 31.2 Å². The zero-order valence-electron chi connectivity index (χ0n) is 25.7. The number of anilines is 1. The molecule has 6 rings (SSSR count). The number of amides is 1. The molecule has 5 aromatic rings. The summed E-state index contributed by atoms with van der Waals surface area (Å²) in [6.07, 6.45) is 0.587. The molecule has 47 heavy (non-hydrogen) atoms. The third kappa shape index (κ3) is 10.7. The van der Waals surface area contributed by atoms with Gasteiger partial charge in [0.2, 0.25) is 0 Å². The van der Waals surface area contributed by atoms with Crippen LogP contribution in [0.2, 0.25) is 0 Å². The maximum atomic E-state index is 11.7. The van der Waals surface area contributed by atoms with Gasteiger partial charge in [-0.1, -0.05) is 99.4 Å². The molecule has 0 bridgehead atoms. The van der Waals surface area contributed by atoms with Gasteiger partial charge in [0, 0.05) is 31.9 Å². The number of fused-ring (bicyclic) bond motifs is 2. The Labute approximate surface area is 310 Å². The molecule has 1 aromatic heterocycles. The first-order chi connectivity index (χ1) is 22.0. The molecule has 13 heteroatoms. The fourth-order valence-electron chi connectivity index (χ4n) is 4.43. The van der Waals surface area contributed by atoms with E-state index in [1.807, 2.05) is 85.3 Å². The fraction of sp³-hybridized carbons (Fsp3) is 0.0882. The normalized spacial score (nSPS) is 10.9. The number of rotatable bonds is 4. The molecule has 4 aromatic carbocycles. The third-order valence-corrected chi connectivity index (χ3v) is 7.54. The molecule has 0 radical (unpaired) electrons. The number of ketones is 2. The summed E-state index contributed by atoms with van der Waals surface area (Å²) in [5.41, 5.74) is 7.14. The first kappa shape index (κ1) is 39.6. The molecular formula is C34H29Br2N4NaO6. The summed E-state index contributed by atoms with van der Waals surface area (Å²) in [6.45, 7) is 3.68. The molecular weight excluding hydrogens is 743 g/mol. The Balaban J connectivity index is 0.000000251. The number of hydrogen-bond donors (Lipinski definition) is 4. The van der Waals surface area contributed by atoms with Crippen molar-refractivity contribution in [3.8, 4) is 11.3 Å². The van der Waals surface area contributed by atoms with Crippen LogP contribution in [0.4, 0.5) is 5.69 Å². The van der Waals surface area contributed by atoms with E-state index in [2.05, 4.69) is 48.0 Å². The molecule has 0 saturated carbocycles. The number of halogens is 2. The maximum Gasteiger partial charge on any atom is 1.00 e. The number of pyridine rings is 1. The van der Waals surface area contributed by atoms with E-state index in [0.29, 0.717) is 45.4 Å². The number of carbonyl (C=O) groups excluding carboxylic acids is 3. The van der Waals surface area contributed by atoms with Crippen molar-refractivity contribution in [1.82, 2.24) is 4.98 Å². The minimum absolute atomic E-state index is 0. The minimum atomic E-state index is -0.935. The van der Waals surface area contributed by atoms with E-state index in [0.717, 1.165) is 20.1 Å². The number of hydrogen-bond acceptors (Lipinski definition) is 7. The summed E-state index contributed by atoms with van der Waals surface area (Å²) in [5, 5.41) is 19.7. The monoisotopic (exact) mass is 770 g/mol. The zero-order valence-corrected chi connectivity index (χ0v) is 30.9. The number of benzene rings is 4. The van der Waals surface area contributed by atoms with E-state index < -0.39 is 17.7 Å². The van der Waals surface area contributed by atoms with Crippen LogP contribution in [-0.4, -0.2) is 38.7 Å². The predicted molar refractivity (Wildman–Crippen MR) is 184 cm³/mol. The van der Waals surface area contributed by atoms with E-state index in [4.69, 9.17) is 5.21 Å². The van der Waals surface area contributed by atoms with Crippen LogP contribution in [0.5, 0.6) is 0 Å². The Kier molecular flexibility index (Phi) is 16.2. The maximum absolute atomic E-state index is 11.7. The van der Waals surface area contributed by atoms with Crippen molar-refractivity contribution in [2.75, 3.05) is 5.32 Å². The van der Waals surface area contributed by atoms with E-state index in [9.17, 15) is 24.3 Å². The quantitative estimate of drug-likeness (QED) is 0.0638. The number of aromatic nitrogens is 1. The number of carboxylic acid groups (broad SMARTS) is 1. The van der Waals surface area contributed by atoms with Crippen molar-refractivity contribution in [2.45, 2.75) is 20.3 Å². The Bertz CT molecular complexity index is 1880. The van der Waals surface area contributed by atoms with Gasteiger partial charge in [-0.05, 0) is 48.9 Å². The summed E-state index contributed by atoms with van der Waals surface area (Å²) in [5.74, 6) is 2.28. The molecule has 1 amide bonds. The van der Waals surface area contributed by atoms with Crippen LogP contribution in [0, 0.1) is 6.92 Å². The number of nitrogens with one attached hydrogen (secondary N) is 1. The molecule has 10 nitrogen and oxygen atoms in total. The predicted octanol–water partition coefficient (Wildman–Crippen LogP) is 5.16. The molecule has 1 aliphatic heterocycles. The van der Waals surface area contributed by atoms with Crippen LogP contribution >= 0.6 is 31.9 Å². The fourth-order valence-corrected chi connectivity index (χ4v) is 5.15. The molecule has 0 fully saturated rings. The van der Waals surface area contributed by atoms with E-state index in [-0.39, 0.29) is 35.3 Å². The van der Waals surface area contributed by atoms with Crippen molar-refractivity contribution in [1.29, 1.82) is 0 Å². The largest absolute Gasteiger partial charge is 1.00 e. The number of carbonyl (C=O) groups is 4. The van der Waals surface area contributed by atoms with Crippen LogP contribution in [0.1, 0.15) is 50.0 Å². The molecule has 0 aliphatic carbocycles. The summed E-state index contributed by atoms with van der Waals surface area (Å²) >= 11 is 6.60. The molecule has 5 N–H and O–H groups in total. The molecule has 2 heterocycles. The van der Waals surface area contributed by atoms with Crippen LogP contribution in [0.25, 0.3) is 27.7 Å². The first-order valence-electron chi connectivity index (χ1n) is 13.7. The van der Waals surface area contributed by atoms with Gasteiger partial charge < -0.3 is 27.1 Å². The first-order valence-corrected chi connectivity index (χ1v) is 15.3. The van der Waals surface area contributed by atoms with E-state index >= 15 is 0 Å². The van der Waals surface area contributed by atoms with Crippen molar-refractivity contribution in [3.63, 3.8) is 0 Å². The average Bonchev–Trinajstić information content (AvgIpc) is 3.34. The Hall–Kier alpha value is -3.59. The molecule has 0 atom stereocenters. The smallest absolute Gasteiger partial charge is 0.488 e. The number of Topliss-reactive ketones (excluding diaryl/α,β-unsaturated/α-hetero) is 2. The molecule has 0 unspecified atom stereocenters. The average molecular weight is 772 g/mol. The van der Waals surface area contributed by atoms with Gasteiger partial charge in [-0.25, -0.2) is 9.78 Å². The van der Waals surface area contributed by atoms with Crippen molar-refractivity contribution < 1.29 is 59.0 Å².